The molecule has 5 rings (SSSR count). The quantitative estimate of drug-likeness (QED) is 0.240. The van der Waals surface area contributed by atoms with E-state index in [9.17, 15) is 9.59 Å². The van der Waals surface area contributed by atoms with Crippen LogP contribution < -0.4 is 10.9 Å². The van der Waals surface area contributed by atoms with Crippen LogP contribution >= 0.6 is 11.8 Å². The Morgan fingerprint density at radius 2 is 1.56 bits per heavy atom. The second kappa shape index (κ2) is 10.5. The van der Waals surface area contributed by atoms with Gasteiger partial charge in [-0.3, -0.25) is 14.7 Å². The van der Waals surface area contributed by atoms with Gasteiger partial charge in [-0.2, -0.15) is 0 Å². The average Bonchev–Trinajstić information content (AvgIpc) is 3.52. The fourth-order valence-electron chi connectivity index (χ4n) is 3.92. The van der Waals surface area contributed by atoms with Crippen molar-refractivity contribution in [2.45, 2.75) is 23.8 Å². The van der Waals surface area contributed by atoms with Crippen molar-refractivity contribution < 1.29 is 4.79 Å². The first-order chi connectivity index (χ1) is 17.6. The largest absolute Gasteiger partial charge is 0.332 e. The van der Waals surface area contributed by atoms with E-state index in [4.69, 9.17) is 4.98 Å². The van der Waals surface area contributed by atoms with Gasteiger partial charge in [0.25, 0.3) is 5.56 Å². The van der Waals surface area contributed by atoms with Crippen molar-refractivity contribution in [3.63, 3.8) is 0 Å². The Labute approximate surface area is 212 Å². The van der Waals surface area contributed by atoms with Crippen LogP contribution in [0, 0.1) is 0 Å². The van der Waals surface area contributed by atoms with Gasteiger partial charge in [-0.05, 0) is 18.6 Å². The first-order valence-electron chi connectivity index (χ1n) is 11.7. The molecule has 36 heavy (non-hydrogen) atoms. The molecule has 0 spiro atoms. The number of anilines is 1. The van der Waals surface area contributed by atoms with E-state index >= 15 is 0 Å². The summed E-state index contributed by atoms with van der Waals surface area (Å²) in [5.74, 6) is 0.144. The highest BCUT2D eigenvalue weighted by molar-refractivity contribution is 8.00. The summed E-state index contributed by atoms with van der Waals surface area (Å²) in [4.78, 5) is 33.8. The van der Waals surface area contributed by atoms with Gasteiger partial charge in [-0.25, -0.2) is 9.67 Å². The molecule has 0 fully saturated rings. The number of carbonyl (C=O) groups excluding carboxylic acids is 1. The van der Waals surface area contributed by atoms with E-state index in [0.29, 0.717) is 23.1 Å². The Bertz CT molecular complexity index is 1450. The van der Waals surface area contributed by atoms with E-state index in [-0.39, 0.29) is 11.5 Å². The zero-order valence-electron chi connectivity index (χ0n) is 19.6. The molecule has 2 heterocycles. The van der Waals surface area contributed by atoms with Crippen LogP contribution in [0.25, 0.3) is 28.2 Å². The third-order valence-corrected chi connectivity index (χ3v) is 6.95. The lowest BCUT2D eigenvalue weighted by atomic mass is 10.1. The van der Waals surface area contributed by atoms with Crippen molar-refractivity contribution >= 4 is 23.5 Å². The number of nitrogens with one attached hydrogen (secondary N) is 3. The van der Waals surface area contributed by atoms with Gasteiger partial charge in [0, 0.05) is 17.2 Å². The van der Waals surface area contributed by atoms with E-state index in [2.05, 4.69) is 15.4 Å². The van der Waals surface area contributed by atoms with Crippen LogP contribution in [0.2, 0.25) is 0 Å². The summed E-state index contributed by atoms with van der Waals surface area (Å²) < 4.78 is 1.40. The minimum atomic E-state index is -0.410. The molecule has 3 N–H and O–H groups in total. The van der Waals surface area contributed by atoms with Gasteiger partial charge < -0.3 is 10.3 Å². The number of amides is 1. The van der Waals surface area contributed by atoms with E-state index in [1.807, 2.05) is 97.9 Å². The van der Waals surface area contributed by atoms with Crippen LogP contribution in [0.4, 0.5) is 5.82 Å². The number of H-pyrrole nitrogens is 2. The highest BCUT2D eigenvalue weighted by atomic mass is 32.2. The van der Waals surface area contributed by atoms with Gasteiger partial charge in [0.2, 0.25) is 5.91 Å². The van der Waals surface area contributed by atoms with E-state index in [1.165, 1.54) is 22.5 Å². The van der Waals surface area contributed by atoms with E-state index in [1.54, 1.807) is 0 Å². The van der Waals surface area contributed by atoms with E-state index < -0.39 is 5.25 Å². The van der Waals surface area contributed by atoms with Crippen LogP contribution in [0.3, 0.4) is 0 Å². The Morgan fingerprint density at radius 1 is 0.944 bits per heavy atom. The van der Waals surface area contributed by atoms with Crippen molar-refractivity contribution in [3.05, 3.63) is 107 Å². The summed E-state index contributed by atoms with van der Waals surface area (Å²) in [6, 6.07) is 30.6. The number of aromatic nitrogens is 4. The molecule has 7 nitrogen and oxygen atoms in total. The van der Waals surface area contributed by atoms with Crippen molar-refractivity contribution in [1.29, 1.82) is 0 Å². The molecule has 180 valence electrons. The molecule has 0 bridgehead atoms. The molecule has 5 aromatic rings. The van der Waals surface area contributed by atoms with Crippen LogP contribution in [0.5, 0.6) is 0 Å². The Balaban J connectivity index is 1.38. The third-order valence-electron chi connectivity index (χ3n) is 5.70. The number of aromatic amines is 2. The number of carbonyl (C=O) groups is 1. The molecule has 0 aliphatic rings. The number of nitrogens with zero attached hydrogens (tertiary/aromatic N) is 2. The summed E-state index contributed by atoms with van der Waals surface area (Å²) in [6.07, 6.45) is 0.585. The summed E-state index contributed by atoms with van der Waals surface area (Å²) in [7, 11) is 0. The maximum atomic E-state index is 13.1. The summed E-state index contributed by atoms with van der Waals surface area (Å²) >= 11 is 1.37. The number of rotatable bonds is 8. The van der Waals surface area contributed by atoms with Crippen LogP contribution in [-0.2, 0) is 4.79 Å². The van der Waals surface area contributed by atoms with Crippen molar-refractivity contribution in [1.82, 2.24) is 19.7 Å². The molecule has 1 amide bonds. The molecular weight excluding hydrogens is 470 g/mol. The molecule has 2 aromatic heterocycles. The second-order valence-corrected chi connectivity index (χ2v) is 9.37. The highest BCUT2D eigenvalue weighted by Gasteiger charge is 2.23. The number of hydrogen-bond acceptors (Lipinski definition) is 4. The molecule has 1 atom stereocenters. The molecule has 1 unspecified atom stereocenters. The topological polar surface area (TPSA) is 95.6 Å². The minimum Gasteiger partial charge on any atom is -0.332 e. The predicted molar refractivity (Wildman–Crippen MR) is 144 cm³/mol. The number of imidazole rings is 1. The number of hydrogen-bond donors (Lipinski definition) is 3. The standard InChI is InChI=1S/C28H25N5O2S/c1-2-22(27(35)29-23-18-24(34)33(32-23)21-16-10-5-11-17-21)36-28-30-25(19-12-6-3-7-13-19)26(31-28)20-14-8-4-9-15-20/h3-18,22,32H,2H2,1H3,(H,29,35)(H,30,31). The zero-order chi connectivity index (χ0) is 24.9. The zero-order valence-corrected chi connectivity index (χ0v) is 20.5. The van der Waals surface area contributed by atoms with Gasteiger partial charge in [-0.15, -0.1) is 0 Å². The summed E-state index contributed by atoms with van der Waals surface area (Å²) in [6.45, 7) is 1.95. The molecular formula is C28H25N5O2S. The fourth-order valence-corrected chi connectivity index (χ4v) is 4.83. The van der Waals surface area contributed by atoms with E-state index in [0.717, 1.165) is 22.5 Å². The summed E-state index contributed by atoms with van der Waals surface area (Å²) in [5, 5.41) is 6.07. The van der Waals surface area contributed by atoms with Crippen molar-refractivity contribution in [2.24, 2.45) is 0 Å². The fraction of sp³-hybridized carbons (Fsp3) is 0.107. The lowest BCUT2D eigenvalue weighted by Gasteiger charge is -2.12. The van der Waals surface area contributed by atoms with Crippen LogP contribution in [-0.4, -0.2) is 30.9 Å². The van der Waals surface area contributed by atoms with Gasteiger partial charge in [-0.1, -0.05) is 97.5 Å². The Hall–Kier alpha value is -4.30. The highest BCUT2D eigenvalue weighted by Crippen LogP contribution is 2.34. The normalized spacial score (nSPS) is 11.8. The number of thioether (sulfide) groups is 1. The average molecular weight is 496 g/mol. The number of benzene rings is 3. The van der Waals surface area contributed by atoms with Crippen molar-refractivity contribution in [2.75, 3.05) is 5.32 Å². The van der Waals surface area contributed by atoms with Gasteiger partial charge in [0.15, 0.2) is 5.16 Å². The molecule has 0 saturated carbocycles. The lowest BCUT2D eigenvalue weighted by Crippen LogP contribution is -2.25. The van der Waals surface area contributed by atoms with Gasteiger partial charge in [0.1, 0.15) is 5.82 Å². The molecule has 0 radical (unpaired) electrons. The van der Waals surface area contributed by atoms with Gasteiger partial charge in [0.05, 0.1) is 22.3 Å². The first-order valence-corrected chi connectivity index (χ1v) is 12.6. The monoisotopic (exact) mass is 495 g/mol. The predicted octanol–water partition coefficient (Wildman–Crippen LogP) is 5.73. The Kier molecular flexibility index (Phi) is 6.86. The lowest BCUT2D eigenvalue weighted by molar-refractivity contribution is -0.115. The first kappa shape index (κ1) is 23.4. The van der Waals surface area contributed by atoms with Crippen LogP contribution in [0.15, 0.2) is 107 Å². The van der Waals surface area contributed by atoms with Gasteiger partial charge >= 0.3 is 0 Å². The molecule has 0 aliphatic carbocycles. The molecule has 8 heteroatoms. The second-order valence-electron chi connectivity index (χ2n) is 8.18. The molecule has 0 aliphatic heterocycles. The molecule has 3 aromatic carbocycles. The Morgan fingerprint density at radius 3 is 2.19 bits per heavy atom. The molecule has 0 saturated heterocycles. The smallest absolute Gasteiger partial charge is 0.273 e. The SMILES string of the molecule is CCC(Sc1nc(-c2ccccc2)c(-c2ccccc2)[nH]1)C(=O)Nc1cc(=O)n(-c2ccccc2)[nH]1. The summed E-state index contributed by atoms with van der Waals surface area (Å²) in [5.41, 5.74) is 4.21. The minimum absolute atomic E-state index is 0.206. The van der Waals surface area contributed by atoms with Crippen LogP contribution in [0.1, 0.15) is 13.3 Å². The maximum absolute atomic E-state index is 13.1. The third kappa shape index (κ3) is 5.04. The number of para-hydroxylation sites is 1. The maximum Gasteiger partial charge on any atom is 0.273 e. The van der Waals surface area contributed by atoms with Crippen molar-refractivity contribution in [3.8, 4) is 28.2 Å².